The van der Waals surface area contributed by atoms with E-state index in [4.69, 9.17) is 10.1 Å². The minimum atomic E-state index is 0. The van der Waals surface area contributed by atoms with Gasteiger partial charge in [0.1, 0.15) is 10.0 Å². The number of fused-ring (bicyclic) bond motifs is 2. The molecule has 0 atom stereocenters. The number of rotatable bonds is 5. The van der Waals surface area contributed by atoms with Gasteiger partial charge in [-0.3, -0.25) is 5.41 Å². The van der Waals surface area contributed by atoms with Crippen LogP contribution in [0.15, 0.2) is 127 Å². The SMILES string of the molecule is BrCc1ccc2nc(-c3ccccc3)sc2c1.CCOC(=N)c1ccccc1.Cc1ccc2nc(-c3ccccc3)sc2c1.Cl. The van der Waals surface area contributed by atoms with E-state index in [0.717, 1.165) is 31.9 Å². The van der Waals surface area contributed by atoms with Crippen molar-refractivity contribution in [3.8, 4) is 21.1 Å². The standard InChI is InChI=1S/C14H10BrNS.C14H11NS.C9H11NO.ClH/c15-9-10-6-7-12-13(8-10)17-14(16-12)11-4-2-1-3-5-11;1-10-7-8-12-13(9-10)16-14(15-12)11-5-3-2-4-6-11;1-2-11-9(10)8-6-4-3-5-7-8;/h1-8H,9H2;2-9H,1H3;3-7,10H,2H2,1H3;1H. The van der Waals surface area contributed by atoms with Crippen LogP contribution in [-0.4, -0.2) is 22.5 Å². The third kappa shape index (κ3) is 9.31. The van der Waals surface area contributed by atoms with Crippen LogP contribution in [-0.2, 0) is 10.1 Å². The second-order valence-electron chi connectivity index (χ2n) is 9.81. The van der Waals surface area contributed by atoms with Crippen molar-refractivity contribution in [2.24, 2.45) is 0 Å². The lowest BCUT2D eigenvalue weighted by Gasteiger charge is -2.02. The largest absolute Gasteiger partial charge is 0.478 e. The van der Waals surface area contributed by atoms with E-state index in [1.54, 1.807) is 22.7 Å². The average Bonchev–Trinajstić information content (AvgIpc) is 3.71. The Hall–Kier alpha value is -3.88. The maximum atomic E-state index is 7.41. The molecule has 0 spiro atoms. The second kappa shape index (κ2) is 17.0. The average molecular weight is 715 g/mol. The fourth-order valence-corrected chi connectivity index (χ4v) is 6.76. The Bertz CT molecular complexity index is 1940. The summed E-state index contributed by atoms with van der Waals surface area (Å²) in [5.74, 6) is 0.244. The number of aryl methyl sites for hydroxylation is 1. The Kier molecular flexibility index (Phi) is 12.8. The molecule has 0 aliphatic heterocycles. The summed E-state index contributed by atoms with van der Waals surface area (Å²) in [6.45, 7) is 4.53. The van der Waals surface area contributed by atoms with Crippen LogP contribution in [0.3, 0.4) is 0 Å². The van der Waals surface area contributed by atoms with Gasteiger partial charge >= 0.3 is 0 Å². The molecule has 5 aromatic carbocycles. The van der Waals surface area contributed by atoms with E-state index in [1.165, 1.54) is 31.7 Å². The first-order valence-corrected chi connectivity index (χ1v) is 17.0. The molecule has 0 bridgehead atoms. The Morgan fingerprint density at radius 1 is 0.689 bits per heavy atom. The van der Waals surface area contributed by atoms with Crippen LogP contribution < -0.4 is 0 Å². The van der Waals surface area contributed by atoms with Crippen LogP contribution in [0, 0.1) is 12.3 Å². The molecule has 0 unspecified atom stereocenters. The van der Waals surface area contributed by atoms with Crippen molar-refractivity contribution in [3.63, 3.8) is 0 Å². The number of hydrogen-bond donors (Lipinski definition) is 1. The Morgan fingerprint density at radius 2 is 1.18 bits per heavy atom. The van der Waals surface area contributed by atoms with E-state index >= 15 is 0 Å². The summed E-state index contributed by atoms with van der Waals surface area (Å²) in [5, 5.41) is 10.5. The lowest BCUT2D eigenvalue weighted by Crippen LogP contribution is -2.03. The smallest absolute Gasteiger partial charge is 0.213 e. The van der Waals surface area contributed by atoms with Crippen LogP contribution in [0.25, 0.3) is 41.6 Å². The molecule has 0 saturated heterocycles. The van der Waals surface area contributed by atoms with Gasteiger partial charge in [0, 0.05) is 22.0 Å². The topological polar surface area (TPSA) is 58.9 Å². The highest BCUT2D eigenvalue weighted by Crippen LogP contribution is 2.31. The zero-order valence-corrected chi connectivity index (χ0v) is 29.0. The van der Waals surface area contributed by atoms with Gasteiger partial charge in [0.25, 0.3) is 0 Å². The monoisotopic (exact) mass is 713 g/mol. The van der Waals surface area contributed by atoms with Gasteiger partial charge in [-0.25, -0.2) is 9.97 Å². The summed E-state index contributed by atoms with van der Waals surface area (Å²) in [6, 6.07) is 42.9. The van der Waals surface area contributed by atoms with Gasteiger partial charge in [0.15, 0.2) is 0 Å². The number of ether oxygens (including phenoxy) is 1. The number of thiazole rings is 2. The first-order valence-electron chi connectivity index (χ1n) is 14.2. The third-order valence-corrected chi connectivity index (χ3v) is 9.30. The van der Waals surface area contributed by atoms with E-state index < -0.39 is 0 Å². The molecule has 0 aliphatic rings. The molecule has 2 aromatic heterocycles. The molecule has 4 nitrogen and oxygen atoms in total. The quantitative estimate of drug-likeness (QED) is 0.110. The van der Waals surface area contributed by atoms with Crippen molar-refractivity contribution in [1.82, 2.24) is 9.97 Å². The number of benzene rings is 5. The van der Waals surface area contributed by atoms with Gasteiger partial charge in [-0.05, 0) is 61.4 Å². The van der Waals surface area contributed by atoms with Crippen molar-refractivity contribution in [2.75, 3.05) is 6.61 Å². The molecule has 2 heterocycles. The van der Waals surface area contributed by atoms with Crippen molar-refractivity contribution in [2.45, 2.75) is 19.2 Å². The molecule has 0 amide bonds. The maximum Gasteiger partial charge on any atom is 0.213 e. The van der Waals surface area contributed by atoms with Crippen molar-refractivity contribution < 1.29 is 4.74 Å². The molecule has 8 heteroatoms. The summed E-state index contributed by atoms with van der Waals surface area (Å²) in [4.78, 5) is 9.30. The summed E-state index contributed by atoms with van der Waals surface area (Å²) in [6.07, 6.45) is 0. The number of alkyl halides is 1. The van der Waals surface area contributed by atoms with E-state index in [1.807, 2.05) is 73.7 Å². The highest BCUT2D eigenvalue weighted by Gasteiger charge is 2.07. The first kappa shape index (κ1) is 34.0. The van der Waals surface area contributed by atoms with Gasteiger partial charge in [0.05, 0.1) is 27.0 Å². The van der Waals surface area contributed by atoms with E-state index in [2.05, 4.69) is 93.5 Å². The minimum absolute atomic E-state index is 0. The molecule has 45 heavy (non-hydrogen) atoms. The summed E-state index contributed by atoms with van der Waals surface area (Å²) >= 11 is 6.98. The number of hydrogen-bond acceptors (Lipinski definition) is 6. The van der Waals surface area contributed by atoms with E-state index in [9.17, 15) is 0 Å². The van der Waals surface area contributed by atoms with Crippen LogP contribution in [0.1, 0.15) is 23.6 Å². The minimum Gasteiger partial charge on any atom is -0.478 e. The van der Waals surface area contributed by atoms with Crippen LogP contribution >= 0.6 is 51.0 Å². The van der Waals surface area contributed by atoms with Gasteiger partial charge in [0.2, 0.25) is 5.90 Å². The number of nitrogens with one attached hydrogen (secondary N) is 1. The summed E-state index contributed by atoms with van der Waals surface area (Å²) < 4.78 is 7.52. The molecular formula is C37H33BrClN3OS2. The van der Waals surface area contributed by atoms with Crippen molar-refractivity contribution in [3.05, 3.63) is 144 Å². The fraction of sp³-hybridized carbons (Fsp3) is 0.108. The molecule has 0 radical (unpaired) electrons. The molecule has 0 aliphatic carbocycles. The van der Waals surface area contributed by atoms with E-state index in [0.29, 0.717) is 6.61 Å². The number of halogens is 2. The molecule has 1 N–H and O–H groups in total. The zero-order chi connectivity index (χ0) is 30.7. The van der Waals surface area contributed by atoms with Crippen LogP contribution in [0.2, 0.25) is 0 Å². The molecule has 228 valence electrons. The molecule has 7 aromatic rings. The van der Waals surface area contributed by atoms with E-state index in [-0.39, 0.29) is 18.3 Å². The lowest BCUT2D eigenvalue weighted by molar-refractivity contribution is 0.325. The zero-order valence-electron chi connectivity index (χ0n) is 24.9. The first-order chi connectivity index (χ1) is 21.5. The normalized spacial score (nSPS) is 10.2. The molecule has 0 saturated carbocycles. The predicted octanol–water partition coefficient (Wildman–Crippen LogP) is 11.6. The predicted molar refractivity (Wildman–Crippen MR) is 200 cm³/mol. The molecular weight excluding hydrogens is 682 g/mol. The van der Waals surface area contributed by atoms with Crippen molar-refractivity contribution in [1.29, 1.82) is 5.41 Å². The Labute approximate surface area is 286 Å². The van der Waals surface area contributed by atoms with Crippen molar-refractivity contribution >= 4 is 77.3 Å². The molecule has 0 fully saturated rings. The van der Waals surface area contributed by atoms with Gasteiger partial charge in [-0.2, -0.15) is 0 Å². The Morgan fingerprint density at radius 3 is 1.69 bits per heavy atom. The number of nitrogens with zero attached hydrogens (tertiary/aromatic N) is 2. The highest BCUT2D eigenvalue weighted by molar-refractivity contribution is 9.08. The molecule has 7 rings (SSSR count). The van der Waals surface area contributed by atoms with Crippen LogP contribution in [0.4, 0.5) is 0 Å². The Balaban J connectivity index is 0.000000156. The van der Waals surface area contributed by atoms with Crippen LogP contribution in [0.5, 0.6) is 0 Å². The number of aromatic nitrogens is 2. The van der Waals surface area contributed by atoms with Gasteiger partial charge in [-0.1, -0.05) is 107 Å². The lowest BCUT2D eigenvalue weighted by atomic mass is 10.2. The highest BCUT2D eigenvalue weighted by atomic mass is 79.9. The van der Waals surface area contributed by atoms with Gasteiger partial charge in [-0.15, -0.1) is 35.1 Å². The summed E-state index contributed by atoms with van der Waals surface area (Å²) in [5.41, 5.74) is 7.97. The maximum absolute atomic E-state index is 7.41. The fourth-order valence-electron chi connectivity index (χ4n) is 4.31. The van der Waals surface area contributed by atoms with Gasteiger partial charge < -0.3 is 4.74 Å². The second-order valence-corrected chi connectivity index (χ2v) is 12.4. The summed E-state index contributed by atoms with van der Waals surface area (Å²) in [7, 11) is 0. The third-order valence-electron chi connectivity index (χ3n) is 6.52.